The summed E-state index contributed by atoms with van der Waals surface area (Å²) in [5.41, 5.74) is 1.32. The van der Waals surface area contributed by atoms with Gasteiger partial charge < -0.3 is 9.84 Å². The number of ether oxygens (including phenoxy) is 1. The summed E-state index contributed by atoms with van der Waals surface area (Å²) in [7, 11) is 0. The first-order valence-electron chi connectivity index (χ1n) is 10.6. The Morgan fingerprint density at radius 3 is 2.30 bits per heavy atom. The van der Waals surface area contributed by atoms with Gasteiger partial charge in [0.15, 0.2) is 23.1 Å². The lowest BCUT2D eigenvalue weighted by Crippen LogP contribution is -2.07. The first-order chi connectivity index (χ1) is 15.8. The molecule has 1 atom stereocenters. The first-order valence-corrected chi connectivity index (χ1v) is 10.6. The zero-order valence-corrected chi connectivity index (χ0v) is 17.8. The molecule has 1 N–H and O–H groups in total. The molecule has 3 aromatic rings. The second kappa shape index (κ2) is 9.25. The van der Waals surface area contributed by atoms with E-state index in [4.69, 9.17) is 4.74 Å². The van der Waals surface area contributed by atoms with Gasteiger partial charge in [-0.05, 0) is 73.1 Å². The van der Waals surface area contributed by atoms with E-state index in [1.165, 1.54) is 30.3 Å². The quantitative estimate of drug-likeness (QED) is 0.400. The van der Waals surface area contributed by atoms with Crippen molar-refractivity contribution in [2.75, 3.05) is 6.61 Å². The second-order valence-electron chi connectivity index (χ2n) is 7.87. The van der Waals surface area contributed by atoms with Gasteiger partial charge in [-0.1, -0.05) is 24.3 Å². The third-order valence-electron chi connectivity index (χ3n) is 5.92. The fraction of sp³-hybridized carbons (Fsp3) is 0.231. The molecule has 172 valence electrons. The van der Waals surface area contributed by atoms with Gasteiger partial charge in [0.1, 0.15) is 5.82 Å². The van der Waals surface area contributed by atoms with Crippen LogP contribution in [0.2, 0.25) is 0 Å². The van der Waals surface area contributed by atoms with Gasteiger partial charge in [0.25, 0.3) is 0 Å². The highest BCUT2D eigenvalue weighted by molar-refractivity contribution is 5.72. The Morgan fingerprint density at radius 2 is 1.64 bits per heavy atom. The van der Waals surface area contributed by atoms with Crippen LogP contribution < -0.4 is 4.74 Å². The maximum atomic E-state index is 14.9. The Balaban J connectivity index is 1.57. The van der Waals surface area contributed by atoms with Gasteiger partial charge >= 0.3 is 0 Å². The van der Waals surface area contributed by atoms with Gasteiger partial charge in [0.2, 0.25) is 11.6 Å². The average molecular weight is 460 g/mol. The molecule has 0 spiro atoms. The molecule has 3 aromatic carbocycles. The van der Waals surface area contributed by atoms with E-state index < -0.39 is 34.8 Å². The SMILES string of the molecule is CCOc1ccc(-c2ccc(C3=CCC(c4ccc(O)c(F)c4F)CC3)cc2F)c(F)c1F. The van der Waals surface area contributed by atoms with E-state index in [-0.39, 0.29) is 35.0 Å². The van der Waals surface area contributed by atoms with Crippen LogP contribution in [0, 0.1) is 29.1 Å². The summed E-state index contributed by atoms with van der Waals surface area (Å²) in [6.45, 7) is 1.81. The van der Waals surface area contributed by atoms with Crippen LogP contribution in [0.4, 0.5) is 22.0 Å². The average Bonchev–Trinajstić information content (AvgIpc) is 2.81. The number of aromatic hydroxyl groups is 1. The maximum absolute atomic E-state index is 14.9. The summed E-state index contributed by atoms with van der Waals surface area (Å²) in [6, 6.07) is 9.32. The summed E-state index contributed by atoms with van der Waals surface area (Å²) in [6.07, 6.45) is 3.26. The van der Waals surface area contributed by atoms with Gasteiger partial charge in [-0.2, -0.15) is 8.78 Å². The van der Waals surface area contributed by atoms with Gasteiger partial charge in [0.05, 0.1) is 6.61 Å². The molecule has 0 amide bonds. The number of rotatable bonds is 5. The monoisotopic (exact) mass is 460 g/mol. The molecule has 0 radical (unpaired) electrons. The zero-order chi connectivity index (χ0) is 23.7. The van der Waals surface area contributed by atoms with Crippen LogP contribution in [0.3, 0.4) is 0 Å². The van der Waals surface area contributed by atoms with E-state index in [9.17, 15) is 27.1 Å². The molecule has 33 heavy (non-hydrogen) atoms. The van der Waals surface area contributed by atoms with Crippen LogP contribution in [-0.4, -0.2) is 11.7 Å². The van der Waals surface area contributed by atoms with Crippen LogP contribution in [0.5, 0.6) is 11.5 Å². The molecule has 7 heteroatoms. The lowest BCUT2D eigenvalue weighted by molar-refractivity contribution is 0.314. The van der Waals surface area contributed by atoms with Crippen LogP contribution in [0.25, 0.3) is 16.7 Å². The van der Waals surface area contributed by atoms with Crippen LogP contribution in [-0.2, 0) is 0 Å². The van der Waals surface area contributed by atoms with Crippen molar-refractivity contribution >= 4 is 5.57 Å². The smallest absolute Gasteiger partial charge is 0.201 e. The summed E-state index contributed by atoms with van der Waals surface area (Å²) >= 11 is 0. The van der Waals surface area contributed by atoms with E-state index in [1.54, 1.807) is 13.0 Å². The van der Waals surface area contributed by atoms with Crippen molar-refractivity contribution in [1.82, 2.24) is 0 Å². The molecular weight excluding hydrogens is 439 g/mol. The van der Waals surface area contributed by atoms with Gasteiger partial charge in [-0.3, -0.25) is 0 Å². The van der Waals surface area contributed by atoms with Crippen LogP contribution in [0.15, 0.2) is 48.5 Å². The molecule has 0 saturated heterocycles. The molecule has 0 fully saturated rings. The Hall–Kier alpha value is -3.35. The molecule has 0 aliphatic heterocycles. The molecule has 0 aromatic heterocycles. The van der Waals surface area contributed by atoms with Crippen molar-refractivity contribution in [3.8, 4) is 22.6 Å². The van der Waals surface area contributed by atoms with Gasteiger partial charge in [-0.15, -0.1) is 0 Å². The van der Waals surface area contributed by atoms with Crippen LogP contribution >= 0.6 is 0 Å². The number of phenolic OH excluding ortho intramolecular Hbond substituents is 1. The largest absolute Gasteiger partial charge is 0.505 e. The summed E-state index contributed by atoms with van der Waals surface area (Å²) < 4.78 is 76.4. The molecular formula is C26H21F5O2. The van der Waals surface area contributed by atoms with Crippen molar-refractivity contribution in [2.45, 2.75) is 32.1 Å². The third-order valence-corrected chi connectivity index (χ3v) is 5.92. The van der Waals surface area contributed by atoms with E-state index in [0.29, 0.717) is 24.8 Å². The molecule has 0 bridgehead atoms. The third kappa shape index (κ3) is 4.32. The minimum Gasteiger partial charge on any atom is -0.505 e. The minimum atomic E-state index is -1.27. The number of hydrogen-bond acceptors (Lipinski definition) is 2. The predicted octanol–water partition coefficient (Wildman–Crippen LogP) is 7.50. The summed E-state index contributed by atoms with van der Waals surface area (Å²) in [5, 5.41) is 9.30. The lowest BCUT2D eigenvalue weighted by Gasteiger charge is -2.23. The van der Waals surface area contributed by atoms with Gasteiger partial charge in [0, 0.05) is 11.1 Å². The Labute approximate surface area is 188 Å². The van der Waals surface area contributed by atoms with Crippen molar-refractivity contribution in [3.05, 3.63) is 88.8 Å². The van der Waals surface area contributed by atoms with E-state index >= 15 is 0 Å². The molecule has 2 nitrogen and oxygen atoms in total. The number of halogens is 5. The zero-order valence-electron chi connectivity index (χ0n) is 17.8. The molecule has 1 aliphatic rings. The van der Waals surface area contributed by atoms with Crippen molar-refractivity contribution in [1.29, 1.82) is 0 Å². The Bertz CT molecular complexity index is 1240. The van der Waals surface area contributed by atoms with Crippen molar-refractivity contribution in [3.63, 3.8) is 0 Å². The minimum absolute atomic E-state index is 0.0749. The topological polar surface area (TPSA) is 29.5 Å². The lowest BCUT2D eigenvalue weighted by atomic mass is 9.82. The highest BCUT2D eigenvalue weighted by Gasteiger charge is 2.24. The molecule has 0 saturated carbocycles. The summed E-state index contributed by atoms with van der Waals surface area (Å²) in [5.74, 6) is -6.62. The standard InChI is InChI=1S/C26H21F5O2/c1-2-33-22-12-10-19(24(29)26(22)31)18-8-7-16(13-20(18)27)14-3-5-15(6-4-14)17-9-11-21(32)25(30)23(17)28/h3,7-13,15,32H,2,4-6H2,1H3. The number of phenols is 1. The highest BCUT2D eigenvalue weighted by atomic mass is 19.2. The van der Waals surface area contributed by atoms with Crippen molar-refractivity contribution < 1.29 is 31.8 Å². The fourth-order valence-electron chi connectivity index (χ4n) is 4.19. The van der Waals surface area contributed by atoms with E-state index in [0.717, 1.165) is 11.6 Å². The number of allylic oxidation sites excluding steroid dienone is 2. The molecule has 1 aliphatic carbocycles. The number of benzene rings is 3. The number of hydrogen-bond donors (Lipinski definition) is 1. The maximum Gasteiger partial charge on any atom is 0.201 e. The first kappa shape index (κ1) is 22.8. The van der Waals surface area contributed by atoms with Crippen LogP contribution in [0.1, 0.15) is 43.2 Å². The molecule has 1 unspecified atom stereocenters. The Kier molecular flexibility index (Phi) is 6.40. The molecule has 4 rings (SSSR count). The van der Waals surface area contributed by atoms with E-state index in [2.05, 4.69) is 0 Å². The van der Waals surface area contributed by atoms with Gasteiger partial charge in [-0.25, -0.2) is 13.2 Å². The Morgan fingerprint density at radius 1 is 0.879 bits per heavy atom. The fourth-order valence-corrected chi connectivity index (χ4v) is 4.19. The second-order valence-corrected chi connectivity index (χ2v) is 7.87. The normalized spacial score (nSPS) is 15.9. The molecule has 0 heterocycles. The summed E-state index contributed by atoms with van der Waals surface area (Å²) in [4.78, 5) is 0. The van der Waals surface area contributed by atoms with Crippen molar-refractivity contribution in [2.24, 2.45) is 0 Å². The van der Waals surface area contributed by atoms with E-state index in [1.807, 2.05) is 6.08 Å². The predicted molar refractivity (Wildman–Crippen MR) is 116 cm³/mol. The highest BCUT2D eigenvalue weighted by Crippen LogP contribution is 2.39.